The van der Waals surface area contributed by atoms with Gasteiger partial charge in [-0.2, -0.15) is 4.99 Å². The lowest BCUT2D eigenvalue weighted by Crippen LogP contribution is -2.21. The first-order valence-electron chi connectivity index (χ1n) is 7.23. The molecule has 0 aliphatic carbocycles. The van der Waals surface area contributed by atoms with Gasteiger partial charge in [0.2, 0.25) is 5.13 Å². The Hall–Kier alpha value is -3.14. The number of carbonyl (C=O) groups is 2. The molecule has 0 fully saturated rings. The summed E-state index contributed by atoms with van der Waals surface area (Å²) in [7, 11) is 0. The Kier molecular flexibility index (Phi) is 6.29. The lowest BCUT2D eigenvalue weighted by Gasteiger charge is -2.07. The Morgan fingerprint density at radius 2 is 2.00 bits per heavy atom. The maximum Gasteiger partial charge on any atom is 0.344 e. The smallest absolute Gasteiger partial charge is 0.344 e. The number of anilines is 1. The molecule has 25 heavy (non-hydrogen) atoms. The van der Waals surface area contributed by atoms with Crippen LogP contribution in [0, 0.1) is 0 Å². The van der Waals surface area contributed by atoms with E-state index in [1.165, 1.54) is 6.20 Å². The van der Waals surface area contributed by atoms with E-state index in [9.17, 15) is 9.59 Å². The van der Waals surface area contributed by atoms with Crippen LogP contribution >= 0.6 is 11.3 Å². The highest BCUT2D eigenvalue weighted by atomic mass is 32.1. The molecule has 5 N–H and O–H groups in total. The highest BCUT2D eigenvalue weighted by Gasteiger charge is 2.11. The van der Waals surface area contributed by atoms with Gasteiger partial charge in [-0.3, -0.25) is 4.79 Å². The van der Waals surface area contributed by atoms with E-state index in [2.05, 4.69) is 15.3 Å². The van der Waals surface area contributed by atoms with Crippen molar-refractivity contribution in [3.8, 4) is 5.75 Å². The van der Waals surface area contributed by atoms with E-state index < -0.39 is 5.97 Å². The molecular formula is C15H17N5O4S. The molecule has 0 spiro atoms. The van der Waals surface area contributed by atoms with Crippen LogP contribution in [-0.2, 0) is 9.53 Å². The molecule has 0 saturated carbocycles. The van der Waals surface area contributed by atoms with Crippen LogP contribution in [0.5, 0.6) is 5.75 Å². The van der Waals surface area contributed by atoms with Crippen molar-refractivity contribution in [2.75, 3.05) is 18.5 Å². The average Bonchev–Trinajstić information content (AvgIpc) is 3.02. The highest BCUT2D eigenvalue weighted by molar-refractivity contribution is 7.17. The quantitative estimate of drug-likeness (QED) is 0.381. The monoisotopic (exact) mass is 363 g/mol. The molecule has 10 heteroatoms. The van der Waals surface area contributed by atoms with Crippen molar-refractivity contribution in [2.45, 2.75) is 6.92 Å². The average molecular weight is 363 g/mol. The second-order valence-corrected chi connectivity index (χ2v) is 5.63. The van der Waals surface area contributed by atoms with E-state index in [0.29, 0.717) is 28.1 Å². The topological polar surface area (TPSA) is 142 Å². The van der Waals surface area contributed by atoms with Gasteiger partial charge < -0.3 is 26.3 Å². The zero-order valence-electron chi connectivity index (χ0n) is 13.4. The first-order valence-corrected chi connectivity index (χ1v) is 8.05. The summed E-state index contributed by atoms with van der Waals surface area (Å²) in [6.45, 7) is 1.85. The summed E-state index contributed by atoms with van der Waals surface area (Å²) in [6.07, 6.45) is 1.39. The van der Waals surface area contributed by atoms with E-state index in [4.69, 9.17) is 20.9 Å². The second kappa shape index (κ2) is 8.64. The van der Waals surface area contributed by atoms with Crippen LogP contribution in [0.2, 0.25) is 0 Å². The molecule has 1 amide bonds. The van der Waals surface area contributed by atoms with Gasteiger partial charge in [-0.05, 0) is 31.2 Å². The summed E-state index contributed by atoms with van der Waals surface area (Å²) in [6, 6.07) is 6.56. The number of hydrogen-bond donors (Lipinski definition) is 3. The molecule has 2 rings (SSSR count). The molecule has 0 saturated heterocycles. The third kappa shape index (κ3) is 5.77. The number of guanidine groups is 1. The standard InChI is InChI=1S/C15H17N5O4S/c1-2-23-12(21)8-24-10-5-3-9(4-6-10)19-13(22)11-7-18-15(25-11)20-14(16)17/h3-7H,2,8H2,1H3,(H,19,22)(H4,16,17,18,20). The molecule has 1 heterocycles. The Morgan fingerprint density at radius 1 is 1.28 bits per heavy atom. The molecule has 0 radical (unpaired) electrons. The van der Waals surface area contributed by atoms with Gasteiger partial charge in [0.05, 0.1) is 12.8 Å². The Bertz CT molecular complexity index is 768. The molecule has 2 aromatic rings. The van der Waals surface area contributed by atoms with Crippen LogP contribution in [0.3, 0.4) is 0 Å². The number of esters is 1. The van der Waals surface area contributed by atoms with Gasteiger partial charge in [0.25, 0.3) is 5.91 Å². The van der Waals surface area contributed by atoms with Crippen molar-refractivity contribution in [3.05, 3.63) is 35.3 Å². The number of nitrogens with one attached hydrogen (secondary N) is 1. The van der Waals surface area contributed by atoms with Crippen molar-refractivity contribution in [1.82, 2.24) is 4.98 Å². The summed E-state index contributed by atoms with van der Waals surface area (Å²) < 4.78 is 10.0. The minimum atomic E-state index is -0.443. The van der Waals surface area contributed by atoms with Gasteiger partial charge in [-0.25, -0.2) is 9.78 Å². The molecule has 1 aromatic carbocycles. The minimum Gasteiger partial charge on any atom is -0.482 e. The number of rotatable bonds is 7. The molecule has 0 atom stereocenters. The van der Waals surface area contributed by atoms with Crippen molar-refractivity contribution in [2.24, 2.45) is 16.5 Å². The van der Waals surface area contributed by atoms with Crippen molar-refractivity contribution < 1.29 is 19.1 Å². The van der Waals surface area contributed by atoms with E-state index in [0.717, 1.165) is 11.3 Å². The number of aromatic nitrogens is 1. The number of amides is 1. The fourth-order valence-corrected chi connectivity index (χ4v) is 2.41. The van der Waals surface area contributed by atoms with Crippen molar-refractivity contribution in [3.63, 3.8) is 0 Å². The van der Waals surface area contributed by atoms with E-state index in [1.54, 1.807) is 31.2 Å². The summed E-state index contributed by atoms with van der Waals surface area (Å²) in [5.41, 5.74) is 11.1. The van der Waals surface area contributed by atoms with Gasteiger partial charge in [-0.15, -0.1) is 0 Å². The number of thiazole rings is 1. The molecule has 0 bridgehead atoms. The molecular weight excluding hydrogens is 346 g/mol. The van der Waals surface area contributed by atoms with Crippen LogP contribution in [-0.4, -0.2) is 36.0 Å². The summed E-state index contributed by atoms with van der Waals surface area (Å²) in [5.74, 6) is -0.421. The summed E-state index contributed by atoms with van der Waals surface area (Å²) in [5, 5.41) is 3.01. The van der Waals surface area contributed by atoms with Gasteiger partial charge in [0.1, 0.15) is 10.6 Å². The third-order valence-corrected chi connectivity index (χ3v) is 3.61. The van der Waals surface area contributed by atoms with Crippen LogP contribution in [0.1, 0.15) is 16.6 Å². The summed E-state index contributed by atoms with van der Waals surface area (Å²) in [4.78, 5) is 31.4. The highest BCUT2D eigenvalue weighted by Crippen LogP contribution is 2.22. The molecule has 0 aliphatic heterocycles. The molecule has 9 nitrogen and oxygen atoms in total. The van der Waals surface area contributed by atoms with Crippen LogP contribution in [0.15, 0.2) is 35.5 Å². The third-order valence-electron chi connectivity index (χ3n) is 2.72. The zero-order valence-corrected chi connectivity index (χ0v) is 14.2. The Morgan fingerprint density at radius 3 is 2.64 bits per heavy atom. The number of hydrogen-bond acceptors (Lipinski definition) is 7. The maximum absolute atomic E-state index is 12.1. The van der Waals surface area contributed by atoms with Crippen molar-refractivity contribution >= 4 is 40.0 Å². The fraction of sp³-hybridized carbons (Fsp3) is 0.200. The fourth-order valence-electron chi connectivity index (χ4n) is 1.70. The maximum atomic E-state index is 12.1. The lowest BCUT2D eigenvalue weighted by atomic mass is 10.3. The van der Waals surface area contributed by atoms with Crippen LogP contribution in [0.4, 0.5) is 10.8 Å². The number of aliphatic imine (C=N–C) groups is 1. The first kappa shape index (κ1) is 18.2. The van der Waals surface area contributed by atoms with E-state index in [-0.39, 0.29) is 18.5 Å². The molecule has 0 aliphatic rings. The number of benzene rings is 1. The molecule has 0 unspecified atom stereocenters. The largest absolute Gasteiger partial charge is 0.482 e. The predicted octanol–water partition coefficient (Wildman–Crippen LogP) is 1.24. The molecule has 132 valence electrons. The van der Waals surface area contributed by atoms with E-state index in [1.807, 2.05) is 0 Å². The molecule has 1 aromatic heterocycles. The van der Waals surface area contributed by atoms with Crippen molar-refractivity contribution in [1.29, 1.82) is 0 Å². The van der Waals surface area contributed by atoms with Gasteiger partial charge in [0, 0.05) is 5.69 Å². The first-order chi connectivity index (χ1) is 12.0. The second-order valence-electron chi connectivity index (χ2n) is 4.62. The predicted molar refractivity (Wildman–Crippen MR) is 94.1 cm³/mol. The normalized spacial score (nSPS) is 9.96. The van der Waals surface area contributed by atoms with E-state index >= 15 is 0 Å². The van der Waals surface area contributed by atoms with Gasteiger partial charge >= 0.3 is 5.97 Å². The van der Waals surface area contributed by atoms with Crippen LogP contribution < -0.4 is 21.5 Å². The number of carbonyl (C=O) groups excluding carboxylic acids is 2. The Balaban J connectivity index is 1.92. The summed E-state index contributed by atoms with van der Waals surface area (Å²) >= 11 is 1.06. The van der Waals surface area contributed by atoms with Gasteiger partial charge in [0.15, 0.2) is 12.6 Å². The number of nitrogens with zero attached hydrogens (tertiary/aromatic N) is 2. The number of nitrogens with two attached hydrogens (primary N) is 2. The van der Waals surface area contributed by atoms with Crippen LogP contribution in [0.25, 0.3) is 0 Å². The number of ether oxygens (including phenoxy) is 2. The lowest BCUT2D eigenvalue weighted by molar-refractivity contribution is -0.145. The minimum absolute atomic E-state index is 0.125. The SMILES string of the molecule is CCOC(=O)COc1ccc(NC(=O)c2cnc(N=C(N)N)s2)cc1. The van der Waals surface area contributed by atoms with Gasteiger partial charge in [-0.1, -0.05) is 11.3 Å². The Labute approximate surface area is 147 Å². The zero-order chi connectivity index (χ0) is 18.2.